The van der Waals surface area contributed by atoms with Gasteiger partial charge >= 0.3 is 0 Å². The Labute approximate surface area is 77.5 Å². The molecule has 0 fully saturated rings. The molecule has 1 atom stereocenters. The average molecular weight is 233 g/mol. The van der Waals surface area contributed by atoms with E-state index in [1.54, 1.807) is 7.11 Å². The van der Waals surface area contributed by atoms with Crippen molar-refractivity contribution in [2.75, 3.05) is 7.11 Å². The number of rotatable bonds is 1. The van der Waals surface area contributed by atoms with Crippen LogP contribution in [0.15, 0.2) is 16.6 Å². The molecule has 0 aliphatic carbocycles. The minimum absolute atomic E-state index is 0.929. The van der Waals surface area contributed by atoms with E-state index in [0.717, 1.165) is 21.1 Å². The first kappa shape index (κ1) is 9.02. The fourth-order valence-electron chi connectivity index (χ4n) is 0.897. The molecular formula is C8H10BrOP. The molecule has 0 aromatic heterocycles. The zero-order valence-corrected chi connectivity index (χ0v) is 9.26. The highest BCUT2D eigenvalue weighted by molar-refractivity contribution is 9.10. The molecule has 0 aliphatic rings. The summed E-state index contributed by atoms with van der Waals surface area (Å²) < 4.78 is 6.24. The van der Waals surface area contributed by atoms with Gasteiger partial charge in [-0.3, -0.25) is 0 Å². The van der Waals surface area contributed by atoms with E-state index in [1.807, 2.05) is 19.1 Å². The van der Waals surface area contributed by atoms with Crippen molar-refractivity contribution in [2.24, 2.45) is 0 Å². The molecule has 0 saturated heterocycles. The van der Waals surface area contributed by atoms with Gasteiger partial charge in [0.05, 0.1) is 7.11 Å². The van der Waals surface area contributed by atoms with Crippen molar-refractivity contribution in [1.29, 1.82) is 0 Å². The van der Waals surface area contributed by atoms with Crippen LogP contribution in [0.5, 0.6) is 5.75 Å². The highest BCUT2D eigenvalue weighted by atomic mass is 79.9. The van der Waals surface area contributed by atoms with Crippen LogP contribution in [0.3, 0.4) is 0 Å². The van der Waals surface area contributed by atoms with E-state index in [2.05, 4.69) is 25.2 Å². The van der Waals surface area contributed by atoms with E-state index in [1.165, 1.54) is 0 Å². The molecular weight excluding hydrogens is 223 g/mol. The van der Waals surface area contributed by atoms with Gasteiger partial charge in [0.15, 0.2) is 0 Å². The zero-order chi connectivity index (χ0) is 8.43. The predicted molar refractivity (Wildman–Crippen MR) is 54.8 cm³/mol. The topological polar surface area (TPSA) is 9.23 Å². The van der Waals surface area contributed by atoms with Crippen molar-refractivity contribution in [1.82, 2.24) is 0 Å². The lowest BCUT2D eigenvalue weighted by molar-refractivity contribution is 0.412. The van der Waals surface area contributed by atoms with Crippen LogP contribution in [0.25, 0.3) is 0 Å². The maximum absolute atomic E-state index is 5.15. The number of hydrogen-bond donors (Lipinski definition) is 0. The second-order valence-corrected chi connectivity index (χ2v) is 3.72. The van der Waals surface area contributed by atoms with Gasteiger partial charge in [0, 0.05) is 4.47 Å². The van der Waals surface area contributed by atoms with Gasteiger partial charge in [-0.15, -0.1) is 9.24 Å². The van der Waals surface area contributed by atoms with Crippen LogP contribution in [0.2, 0.25) is 0 Å². The lowest BCUT2D eigenvalue weighted by atomic mass is 10.2. The third kappa shape index (κ3) is 1.74. The van der Waals surface area contributed by atoms with E-state index in [0.29, 0.717) is 0 Å². The molecule has 0 amide bonds. The van der Waals surface area contributed by atoms with Gasteiger partial charge in [0.25, 0.3) is 0 Å². The van der Waals surface area contributed by atoms with Crippen LogP contribution >= 0.6 is 25.2 Å². The molecule has 60 valence electrons. The Kier molecular flexibility index (Phi) is 2.91. The van der Waals surface area contributed by atoms with E-state index in [4.69, 9.17) is 4.74 Å². The molecule has 0 radical (unpaired) electrons. The zero-order valence-electron chi connectivity index (χ0n) is 6.52. The van der Waals surface area contributed by atoms with E-state index < -0.39 is 0 Å². The molecule has 3 heteroatoms. The van der Waals surface area contributed by atoms with Crippen molar-refractivity contribution >= 4 is 30.5 Å². The summed E-state index contributed by atoms with van der Waals surface area (Å²) in [5, 5.41) is 1.16. The molecule has 1 nitrogen and oxygen atoms in total. The molecule has 0 N–H and O–H groups in total. The summed E-state index contributed by atoms with van der Waals surface area (Å²) in [6, 6.07) is 3.93. The molecule has 0 saturated carbocycles. The SMILES string of the molecule is COc1ccc(Br)c(P)c1C. The van der Waals surface area contributed by atoms with Crippen LogP contribution in [0.1, 0.15) is 5.56 Å². The minimum atomic E-state index is 0.929. The standard InChI is InChI=1S/C8H10BrOP/c1-5-7(10-2)4-3-6(9)8(5)11/h3-4H,11H2,1-2H3. The largest absolute Gasteiger partial charge is 0.496 e. The van der Waals surface area contributed by atoms with Gasteiger partial charge in [0.1, 0.15) is 5.75 Å². The second kappa shape index (κ2) is 3.55. The molecule has 0 aliphatic heterocycles. The summed E-state index contributed by atoms with van der Waals surface area (Å²) >= 11 is 3.43. The fourth-order valence-corrected chi connectivity index (χ4v) is 1.56. The van der Waals surface area contributed by atoms with Crippen molar-refractivity contribution in [3.8, 4) is 5.75 Å². The first-order chi connectivity index (χ1) is 5.16. The highest BCUT2D eigenvalue weighted by Gasteiger charge is 2.03. The fraction of sp³-hybridized carbons (Fsp3) is 0.250. The van der Waals surface area contributed by atoms with Gasteiger partial charge < -0.3 is 4.74 Å². The summed E-state index contributed by atoms with van der Waals surface area (Å²) in [4.78, 5) is 0. The van der Waals surface area contributed by atoms with Crippen LogP contribution in [0, 0.1) is 6.92 Å². The Morgan fingerprint density at radius 3 is 2.64 bits per heavy atom. The molecule has 1 aromatic rings. The first-order valence-corrected chi connectivity index (χ1v) is 4.62. The van der Waals surface area contributed by atoms with Crippen LogP contribution in [0.4, 0.5) is 0 Å². The third-order valence-corrected chi connectivity index (χ3v) is 3.49. The summed E-state index contributed by atoms with van der Waals surface area (Å²) in [6.45, 7) is 2.03. The summed E-state index contributed by atoms with van der Waals surface area (Å²) in [7, 11) is 4.36. The average Bonchev–Trinajstić information content (AvgIpc) is 2.01. The quantitative estimate of drug-likeness (QED) is 0.676. The molecule has 0 heterocycles. The van der Waals surface area contributed by atoms with Gasteiger partial charge in [-0.05, 0) is 29.9 Å². The summed E-state index contributed by atoms with van der Waals surface area (Å²) in [5.74, 6) is 0.929. The maximum atomic E-state index is 5.15. The monoisotopic (exact) mass is 232 g/mol. The van der Waals surface area contributed by atoms with Crippen molar-refractivity contribution in [3.63, 3.8) is 0 Å². The number of hydrogen-bond acceptors (Lipinski definition) is 1. The number of ether oxygens (including phenoxy) is 1. The normalized spacial score (nSPS) is 9.82. The molecule has 0 spiro atoms. The summed E-state index contributed by atoms with van der Waals surface area (Å²) in [5.41, 5.74) is 1.16. The Balaban J connectivity index is 3.25. The minimum Gasteiger partial charge on any atom is -0.496 e. The highest BCUT2D eigenvalue weighted by Crippen LogP contribution is 2.21. The first-order valence-electron chi connectivity index (χ1n) is 3.25. The smallest absolute Gasteiger partial charge is 0.122 e. The van der Waals surface area contributed by atoms with Gasteiger partial charge in [-0.1, -0.05) is 15.9 Å². The molecule has 1 rings (SSSR count). The number of halogens is 1. The van der Waals surface area contributed by atoms with Crippen LogP contribution < -0.4 is 10.0 Å². The van der Waals surface area contributed by atoms with Gasteiger partial charge in [-0.2, -0.15) is 0 Å². The van der Waals surface area contributed by atoms with E-state index >= 15 is 0 Å². The lowest BCUT2D eigenvalue weighted by Gasteiger charge is -2.07. The predicted octanol–water partition coefficient (Wildman–Crippen LogP) is 2.27. The number of methoxy groups -OCH3 is 1. The summed E-state index contributed by atoms with van der Waals surface area (Å²) in [6.07, 6.45) is 0. The third-order valence-electron chi connectivity index (χ3n) is 1.63. The van der Waals surface area contributed by atoms with Crippen molar-refractivity contribution in [2.45, 2.75) is 6.92 Å². The van der Waals surface area contributed by atoms with Gasteiger partial charge in [0.2, 0.25) is 0 Å². The van der Waals surface area contributed by atoms with Crippen LogP contribution in [-0.4, -0.2) is 7.11 Å². The maximum Gasteiger partial charge on any atom is 0.122 e. The van der Waals surface area contributed by atoms with Crippen molar-refractivity contribution < 1.29 is 4.74 Å². The Morgan fingerprint density at radius 2 is 2.09 bits per heavy atom. The number of benzene rings is 1. The molecule has 0 bridgehead atoms. The molecule has 11 heavy (non-hydrogen) atoms. The molecule has 1 aromatic carbocycles. The Hall–Kier alpha value is -0.0700. The van der Waals surface area contributed by atoms with E-state index in [-0.39, 0.29) is 0 Å². The second-order valence-electron chi connectivity index (χ2n) is 2.29. The van der Waals surface area contributed by atoms with Crippen LogP contribution in [-0.2, 0) is 0 Å². The molecule has 1 unspecified atom stereocenters. The lowest BCUT2D eigenvalue weighted by Crippen LogP contribution is -2.01. The van der Waals surface area contributed by atoms with Crippen molar-refractivity contribution in [3.05, 3.63) is 22.2 Å². The van der Waals surface area contributed by atoms with Gasteiger partial charge in [-0.25, -0.2) is 0 Å². The van der Waals surface area contributed by atoms with E-state index in [9.17, 15) is 0 Å². The Bertz CT molecular complexity index is 273. The Morgan fingerprint density at radius 1 is 1.45 bits per heavy atom.